The number of likely N-dealkylation sites (tertiary alicyclic amines) is 3. The monoisotopic (exact) mass is 1530 g/mol. The molecule has 4 aliphatic heterocycles. The first kappa shape index (κ1) is 105. The maximum absolute atomic E-state index is 11.9. The van der Waals surface area contributed by atoms with Crippen molar-refractivity contribution in [1.82, 2.24) is 72.4 Å². The first-order chi connectivity index (χ1) is 46.7. The minimum Gasteiger partial charge on any atom is -0.381 e. The molecule has 5 rings (SSSR count). The van der Waals surface area contributed by atoms with Crippen molar-refractivity contribution in [2.75, 3.05) is 90.8 Å². The zero-order valence-corrected chi connectivity index (χ0v) is 73.8. The van der Waals surface area contributed by atoms with Gasteiger partial charge in [-0.25, -0.2) is 4.98 Å². The number of amides is 11. The molecule has 6 unspecified atom stereocenters. The summed E-state index contributed by atoms with van der Waals surface area (Å²) in [6.45, 7) is 41.2. The van der Waals surface area contributed by atoms with Gasteiger partial charge >= 0.3 is 154 Å². The average molecular weight is 1530 g/mol. The Morgan fingerprint density at radius 2 is 0.792 bits per heavy atom. The summed E-state index contributed by atoms with van der Waals surface area (Å²) in [6.07, 6.45) is 19.7. The number of nitrogens with zero attached hydrogens (tertiary/aromatic N) is 5. The van der Waals surface area contributed by atoms with Gasteiger partial charge in [0.1, 0.15) is 10.8 Å². The van der Waals surface area contributed by atoms with E-state index in [4.69, 9.17) is 0 Å². The zero-order valence-electron chi connectivity index (χ0n) is 62.7. The zero-order chi connectivity index (χ0) is 73.6. The first-order valence-corrected chi connectivity index (χ1v) is 36.8. The van der Waals surface area contributed by atoms with Crippen LogP contribution < -0.4 is 202 Å². The van der Waals surface area contributed by atoms with E-state index in [1.54, 1.807) is 27.8 Å². The molecule has 9 N–H and O–H groups in total. The number of piperidine rings is 3. The fourth-order valence-electron chi connectivity index (χ4n) is 10.3. The second-order valence-corrected chi connectivity index (χ2v) is 26.5. The van der Waals surface area contributed by atoms with E-state index in [1.165, 1.54) is 31.4 Å². The summed E-state index contributed by atoms with van der Waals surface area (Å²) in [5, 5.41) is 25.2. The van der Waals surface area contributed by atoms with Crippen molar-refractivity contribution in [2.24, 2.45) is 0 Å². The van der Waals surface area contributed by atoms with E-state index in [9.17, 15) is 57.5 Å². The van der Waals surface area contributed by atoms with Crippen molar-refractivity contribution in [3.8, 4) is 0 Å². The summed E-state index contributed by atoms with van der Waals surface area (Å²) in [7, 11) is 3.27. The van der Waals surface area contributed by atoms with E-state index >= 15 is 0 Å². The number of hydrogen-bond donors (Lipinski definition) is 9. The molecule has 5 heterocycles. The summed E-state index contributed by atoms with van der Waals surface area (Å²) in [5.74, 6) is -0.607. The molecule has 0 aromatic carbocycles. The molecule has 0 radical (unpaired) electrons. The number of Topliss-reactive ketones (excluding diaryl/α,β-unsaturated/α-hetero) is 1. The molecule has 31 heteroatoms. The van der Waals surface area contributed by atoms with Gasteiger partial charge in [-0.3, -0.25) is 62.8 Å². The van der Waals surface area contributed by atoms with Crippen LogP contribution in [0.3, 0.4) is 0 Å². The number of nitrogens with one attached hydrogen (secondary N) is 9. The third-order valence-electron chi connectivity index (χ3n) is 15.8. The number of ketones is 1. The molecular formula is C70H118K3N14O12S2-3. The predicted molar refractivity (Wildman–Crippen MR) is 388 cm³/mol. The van der Waals surface area contributed by atoms with Gasteiger partial charge in [-0.2, -0.15) is 19.3 Å². The third-order valence-corrected chi connectivity index (χ3v) is 18.1. The maximum Gasteiger partial charge on any atom is 1.00 e. The molecule has 0 saturated carbocycles. The Balaban J connectivity index is -0.000000563. The predicted octanol–water partition coefficient (Wildman–Crippen LogP) is -4.37. The molecule has 4 aliphatic rings. The minimum atomic E-state index is -0.424. The number of carbonyl (C=O) groups is 12. The quantitative estimate of drug-likeness (QED) is 0.0104. The molecule has 558 valence electrons. The van der Waals surface area contributed by atoms with Crippen molar-refractivity contribution in [2.45, 2.75) is 205 Å². The first-order valence-electron chi connectivity index (χ1n) is 34.5. The number of pyridine rings is 1. The molecule has 11 amide bonds. The van der Waals surface area contributed by atoms with Crippen LogP contribution in [0.5, 0.6) is 0 Å². The van der Waals surface area contributed by atoms with Crippen LogP contribution in [0.15, 0.2) is 41.6 Å². The Hall–Kier alpha value is -1.97. The summed E-state index contributed by atoms with van der Waals surface area (Å²) < 4.78 is 0. The molecule has 1 aromatic rings. The van der Waals surface area contributed by atoms with Gasteiger partial charge in [0, 0.05) is 138 Å². The largest absolute Gasteiger partial charge is 1.00 e. The van der Waals surface area contributed by atoms with Crippen LogP contribution in [0.4, 0.5) is 0 Å². The Morgan fingerprint density at radius 3 is 1.11 bits per heavy atom. The minimum absolute atomic E-state index is 0. The summed E-state index contributed by atoms with van der Waals surface area (Å²) in [4.78, 5) is 145. The number of aromatic nitrogens is 1. The van der Waals surface area contributed by atoms with Gasteiger partial charge in [0.05, 0.1) is 37.4 Å². The van der Waals surface area contributed by atoms with E-state index in [1.807, 2.05) is 25.1 Å². The summed E-state index contributed by atoms with van der Waals surface area (Å²) in [5.41, 5.74) is 0. The smallest absolute Gasteiger partial charge is 0.381 e. The van der Waals surface area contributed by atoms with E-state index in [-0.39, 0.29) is 232 Å². The standard InChI is InChI=1S/3C15H28N3O2.C9H11N2OS2.C8H9N2O3.C8H14NO2.3K/c3*1-4-9-16-14(19)8-10-17-15(20)11-18-12(2)6-5-7-13(18)3;1-8(12)10-6-7-13-14-9-4-2-3-5-11-9;1-6(11)9-4-5-10-7(12)2-3-8(10)13;1-3-8(11)5-4-6-9-7(2)10;;;/h3*12-13H,1,4-11H2,2-3H3,(H,16,19)(H,17,20);2-5H,1,6-7H2,(H,10,12);2-3H,1,4-5H2,(H,9,11);2-6H2,1H3,(H,9,10);;;/q6*-1;3*+1. The molecule has 1 aromatic heterocycles. The van der Waals surface area contributed by atoms with Gasteiger partial charge in [-0.1, -0.05) is 43.0 Å². The summed E-state index contributed by atoms with van der Waals surface area (Å²) >= 11 is 0. The number of imide groups is 1. The van der Waals surface area contributed by atoms with Crippen molar-refractivity contribution < 1.29 is 212 Å². The molecule has 0 spiro atoms. The molecule has 0 aliphatic carbocycles. The van der Waals surface area contributed by atoms with Crippen LogP contribution in [-0.4, -0.2) is 222 Å². The molecular weight excluding hydrogens is 1410 g/mol. The Kier molecular flexibility index (Phi) is 70.3. The Morgan fingerprint density at radius 1 is 0.455 bits per heavy atom. The molecule has 26 nitrogen and oxygen atoms in total. The SMILES string of the molecule is [CH2-]C(=O)NCCCC(=O)CC.[CH2-]C(=O)NCCN1C(=O)C=CC1=O.[CH2-]C(=O)NCCSSc1ccccn1.[CH2-]CCNC(=O)CCNC(=O)CN1C(C)CCCC1C.[CH2-]CCNC(=O)CCNC(=O)CN1C(C)CCCC1C.[CH2-]CCNC(=O)CCNC(=O)CN1C(C)CCCC1C.[K+].[K+].[K+]. The molecule has 3 saturated heterocycles. The van der Waals surface area contributed by atoms with Gasteiger partial charge in [-0.15, -0.1) is 0 Å². The van der Waals surface area contributed by atoms with Gasteiger partial charge in [-0.05, 0) is 129 Å². The van der Waals surface area contributed by atoms with Crippen LogP contribution in [0.2, 0.25) is 0 Å². The Labute approximate surface area is 740 Å². The average Bonchev–Trinajstić information content (AvgIpc) is 1.88. The van der Waals surface area contributed by atoms with Gasteiger partial charge in [0.15, 0.2) is 0 Å². The van der Waals surface area contributed by atoms with Crippen LogP contribution in [0, 0.1) is 41.5 Å². The fourth-order valence-corrected chi connectivity index (χ4v) is 12.1. The number of carbonyl (C=O) groups excluding carboxylic acids is 12. The molecule has 0 bridgehead atoms. The van der Waals surface area contributed by atoms with Crippen LogP contribution in [0.25, 0.3) is 0 Å². The third kappa shape index (κ3) is 56.9. The second kappa shape index (κ2) is 67.4. The van der Waals surface area contributed by atoms with Crippen LogP contribution in [-0.2, 0) is 57.5 Å². The Bertz CT molecular complexity index is 2360. The molecule has 101 heavy (non-hydrogen) atoms. The van der Waals surface area contributed by atoms with Crippen molar-refractivity contribution in [1.29, 1.82) is 0 Å². The maximum atomic E-state index is 11.9. The van der Waals surface area contributed by atoms with Gasteiger partial charge in [0.25, 0.3) is 11.8 Å². The van der Waals surface area contributed by atoms with Gasteiger partial charge in [0.2, 0.25) is 35.4 Å². The number of rotatable bonds is 34. The summed E-state index contributed by atoms with van der Waals surface area (Å²) in [6, 6.07) is 8.57. The second-order valence-electron chi connectivity index (χ2n) is 24.1. The van der Waals surface area contributed by atoms with Crippen molar-refractivity contribution >= 4 is 92.4 Å². The van der Waals surface area contributed by atoms with E-state index < -0.39 is 5.91 Å². The fraction of sp³-hybridized carbons (Fsp3) is 0.643. The van der Waals surface area contributed by atoms with Crippen LogP contribution in [0.1, 0.15) is 164 Å². The normalized spacial score (nSPS) is 18.2. The molecule has 3 fully saturated rings. The molecule has 6 atom stereocenters. The van der Waals surface area contributed by atoms with E-state index in [0.29, 0.717) is 166 Å². The van der Waals surface area contributed by atoms with E-state index in [0.717, 1.165) is 54.2 Å². The topological polar surface area (TPSA) is 339 Å². The van der Waals surface area contributed by atoms with Crippen molar-refractivity contribution in [3.05, 3.63) is 78.1 Å². The van der Waals surface area contributed by atoms with Crippen LogP contribution >= 0.6 is 21.6 Å². The van der Waals surface area contributed by atoms with Crippen molar-refractivity contribution in [3.63, 3.8) is 0 Å². The van der Waals surface area contributed by atoms with Gasteiger partial charge < -0.3 is 104 Å². The van der Waals surface area contributed by atoms with E-state index in [2.05, 4.69) is 151 Å². The number of hydrogen-bond acceptors (Lipinski definition) is 18.